The van der Waals surface area contributed by atoms with Crippen molar-refractivity contribution in [2.75, 3.05) is 31.1 Å². The minimum absolute atomic E-state index is 0.755. The molecule has 1 aliphatic rings. The molecule has 0 bridgehead atoms. The lowest BCUT2D eigenvalue weighted by Gasteiger charge is -2.29. The van der Waals surface area contributed by atoms with Gasteiger partial charge >= 0.3 is 0 Å². The standard InChI is InChI=1S/C14H17ClN4/c1-18-14(11-3-2-4-12(15)9-11)13(10-17-18)19-7-5-16-6-8-19/h2-4,9-10,16H,5-8H2,1H3. The predicted molar refractivity (Wildman–Crippen MR) is 78.7 cm³/mol. The zero-order valence-corrected chi connectivity index (χ0v) is 11.7. The van der Waals surface area contributed by atoms with Crippen molar-refractivity contribution in [1.29, 1.82) is 0 Å². The van der Waals surface area contributed by atoms with Crippen LogP contribution in [0.2, 0.25) is 5.02 Å². The predicted octanol–water partition coefficient (Wildman–Crippen LogP) is 2.15. The Morgan fingerprint density at radius 1 is 1.26 bits per heavy atom. The first-order chi connectivity index (χ1) is 9.25. The molecule has 4 nitrogen and oxygen atoms in total. The van der Waals surface area contributed by atoms with Crippen LogP contribution in [0.3, 0.4) is 0 Å². The van der Waals surface area contributed by atoms with Crippen molar-refractivity contribution in [3.05, 3.63) is 35.5 Å². The van der Waals surface area contributed by atoms with Gasteiger partial charge < -0.3 is 10.2 Å². The van der Waals surface area contributed by atoms with Crippen molar-refractivity contribution >= 4 is 17.3 Å². The van der Waals surface area contributed by atoms with Crippen LogP contribution in [0, 0.1) is 0 Å². The van der Waals surface area contributed by atoms with Crippen LogP contribution in [0.5, 0.6) is 0 Å². The maximum absolute atomic E-state index is 6.10. The van der Waals surface area contributed by atoms with Gasteiger partial charge in [-0.3, -0.25) is 4.68 Å². The van der Waals surface area contributed by atoms with E-state index in [9.17, 15) is 0 Å². The van der Waals surface area contributed by atoms with Gasteiger partial charge in [-0.2, -0.15) is 5.10 Å². The van der Waals surface area contributed by atoms with E-state index in [0.29, 0.717) is 0 Å². The summed E-state index contributed by atoms with van der Waals surface area (Å²) in [7, 11) is 1.97. The fourth-order valence-electron chi connectivity index (χ4n) is 2.53. The van der Waals surface area contributed by atoms with Gasteiger partial charge in [-0.25, -0.2) is 0 Å². The lowest BCUT2D eigenvalue weighted by molar-refractivity contribution is 0.589. The van der Waals surface area contributed by atoms with E-state index in [1.54, 1.807) is 0 Å². The van der Waals surface area contributed by atoms with Crippen LogP contribution in [0.15, 0.2) is 30.5 Å². The first-order valence-electron chi connectivity index (χ1n) is 6.49. The van der Waals surface area contributed by atoms with Crippen molar-refractivity contribution in [2.24, 2.45) is 7.05 Å². The summed E-state index contributed by atoms with van der Waals surface area (Å²) in [5.74, 6) is 0. The van der Waals surface area contributed by atoms with Gasteiger partial charge in [0.15, 0.2) is 0 Å². The summed E-state index contributed by atoms with van der Waals surface area (Å²) in [6.45, 7) is 4.06. The van der Waals surface area contributed by atoms with Crippen molar-refractivity contribution in [2.45, 2.75) is 0 Å². The van der Waals surface area contributed by atoms with Gasteiger partial charge in [-0.05, 0) is 12.1 Å². The summed E-state index contributed by atoms with van der Waals surface area (Å²) in [4.78, 5) is 2.37. The van der Waals surface area contributed by atoms with E-state index in [4.69, 9.17) is 11.6 Å². The van der Waals surface area contributed by atoms with Gasteiger partial charge in [0, 0.05) is 43.8 Å². The van der Waals surface area contributed by atoms with E-state index in [1.165, 1.54) is 5.69 Å². The fourth-order valence-corrected chi connectivity index (χ4v) is 2.72. The van der Waals surface area contributed by atoms with Crippen LogP contribution >= 0.6 is 11.6 Å². The summed E-state index contributed by atoms with van der Waals surface area (Å²) in [5.41, 5.74) is 3.43. The third-order valence-electron chi connectivity index (χ3n) is 3.48. The largest absolute Gasteiger partial charge is 0.366 e. The van der Waals surface area contributed by atoms with Crippen molar-refractivity contribution in [3.8, 4) is 11.3 Å². The zero-order valence-electron chi connectivity index (χ0n) is 10.9. The first-order valence-corrected chi connectivity index (χ1v) is 6.87. The Bertz CT molecular complexity index is 573. The molecule has 0 unspecified atom stereocenters. The van der Waals surface area contributed by atoms with Gasteiger partial charge in [0.25, 0.3) is 0 Å². The number of halogens is 1. The second kappa shape index (κ2) is 5.23. The highest BCUT2D eigenvalue weighted by molar-refractivity contribution is 6.30. The van der Waals surface area contributed by atoms with Gasteiger partial charge in [-0.1, -0.05) is 23.7 Å². The second-order valence-electron chi connectivity index (χ2n) is 4.75. The molecule has 1 fully saturated rings. The molecule has 3 rings (SSSR count). The van der Waals surface area contributed by atoms with Gasteiger partial charge in [0.1, 0.15) is 0 Å². The monoisotopic (exact) mass is 276 g/mol. The van der Waals surface area contributed by atoms with Gasteiger partial charge in [-0.15, -0.1) is 0 Å². The van der Waals surface area contributed by atoms with E-state index in [1.807, 2.05) is 36.1 Å². The molecule has 0 saturated carbocycles. The molecule has 1 aliphatic heterocycles. The maximum Gasteiger partial charge on any atom is 0.0913 e. The minimum atomic E-state index is 0.755. The first kappa shape index (κ1) is 12.5. The Balaban J connectivity index is 2.03. The number of aryl methyl sites for hydroxylation is 1. The number of hydrogen-bond donors (Lipinski definition) is 1. The number of rotatable bonds is 2. The Hall–Kier alpha value is -1.52. The molecule has 100 valence electrons. The number of hydrogen-bond acceptors (Lipinski definition) is 3. The van der Waals surface area contributed by atoms with Gasteiger partial charge in [0.2, 0.25) is 0 Å². The zero-order chi connectivity index (χ0) is 13.2. The molecule has 19 heavy (non-hydrogen) atoms. The summed E-state index contributed by atoms with van der Waals surface area (Å²) in [5, 5.41) is 8.53. The summed E-state index contributed by atoms with van der Waals surface area (Å²) in [6.07, 6.45) is 1.95. The van der Waals surface area contributed by atoms with Crippen LogP contribution in [0.25, 0.3) is 11.3 Å². The topological polar surface area (TPSA) is 33.1 Å². The number of anilines is 1. The van der Waals surface area contributed by atoms with Crippen LogP contribution in [0.1, 0.15) is 0 Å². The van der Waals surface area contributed by atoms with Gasteiger partial charge in [0.05, 0.1) is 17.6 Å². The van der Waals surface area contributed by atoms with E-state index in [-0.39, 0.29) is 0 Å². The molecule has 0 amide bonds. The summed E-state index contributed by atoms with van der Waals surface area (Å²) < 4.78 is 1.92. The highest BCUT2D eigenvalue weighted by Crippen LogP contribution is 2.31. The number of nitrogens with one attached hydrogen (secondary N) is 1. The van der Waals surface area contributed by atoms with Crippen LogP contribution in [0.4, 0.5) is 5.69 Å². The maximum atomic E-state index is 6.10. The molecule has 0 atom stereocenters. The molecule has 1 saturated heterocycles. The number of nitrogens with zero attached hydrogens (tertiary/aromatic N) is 3. The van der Waals surface area contributed by atoms with Crippen LogP contribution < -0.4 is 10.2 Å². The van der Waals surface area contributed by atoms with Crippen LogP contribution in [-0.2, 0) is 7.05 Å². The SMILES string of the molecule is Cn1ncc(N2CCNCC2)c1-c1cccc(Cl)c1. The van der Waals surface area contributed by atoms with Crippen molar-refractivity contribution in [3.63, 3.8) is 0 Å². The minimum Gasteiger partial charge on any atom is -0.366 e. The molecule has 1 aromatic carbocycles. The van der Waals surface area contributed by atoms with E-state index >= 15 is 0 Å². The Morgan fingerprint density at radius 3 is 2.79 bits per heavy atom. The summed E-state index contributed by atoms with van der Waals surface area (Å²) in [6, 6.07) is 7.94. The summed E-state index contributed by atoms with van der Waals surface area (Å²) >= 11 is 6.10. The quantitative estimate of drug-likeness (QED) is 0.912. The molecule has 5 heteroatoms. The second-order valence-corrected chi connectivity index (χ2v) is 5.19. The molecule has 1 N–H and O–H groups in total. The van der Waals surface area contributed by atoms with E-state index in [0.717, 1.165) is 42.5 Å². The Labute approximate surface area is 118 Å². The molecular weight excluding hydrogens is 260 g/mol. The molecule has 2 heterocycles. The normalized spacial score (nSPS) is 15.8. The molecule has 0 spiro atoms. The molecule has 2 aromatic rings. The third-order valence-corrected chi connectivity index (χ3v) is 3.71. The Kier molecular flexibility index (Phi) is 3.44. The smallest absolute Gasteiger partial charge is 0.0913 e. The van der Waals surface area contributed by atoms with Crippen LogP contribution in [-0.4, -0.2) is 36.0 Å². The molecule has 0 aliphatic carbocycles. The molecular formula is C14H17ClN4. The molecule has 0 radical (unpaired) electrons. The van der Waals surface area contributed by atoms with E-state index in [2.05, 4.69) is 21.4 Å². The van der Waals surface area contributed by atoms with Crippen molar-refractivity contribution in [1.82, 2.24) is 15.1 Å². The lowest BCUT2D eigenvalue weighted by Crippen LogP contribution is -2.43. The number of aromatic nitrogens is 2. The average molecular weight is 277 g/mol. The third kappa shape index (κ3) is 2.46. The number of piperazine rings is 1. The fraction of sp³-hybridized carbons (Fsp3) is 0.357. The average Bonchev–Trinajstić information content (AvgIpc) is 2.82. The highest BCUT2D eigenvalue weighted by Gasteiger charge is 2.18. The highest BCUT2D eigenvalue weighted by atomic mass is 35.5. The van der Waals surface area contributed by atoms with Crippen molar-refractivity contribution < 1.29 is 0 Å². The number of benzene rings is 1. The lowest BCUT2D eigenvalue weighted by atomic mass is 10.1. The molecule has 1 aromatic heterocycles. The Morgan fingerprint density at radius 2 is 2.05 bits per heavy atom. The van der Waals surface area contributed by atoms with E-state index < -0.39 is 0 Å².